The molecule has 3 aromatic carbocycles. The van der Waals surface area contributed by atoms with Crippen LogP contribution >= 0.6 is 34.8 Å². The van der Waals surface area contributed by atoms with E-state index in [1.165, 1.54) is 0 Å². The second-order valence-corrected chi connectivity index (χ2v) is 11.3. The van der Waals surface area contributed by atoms with Crippen LogP contribution in [0, 0.1) is 0 Å². The van der Waals surface area contributed by atoms with E-state index in [0.29, 0.717) is 27.3 Å². The lowest BCUT2D eigenvalue weighted by molar-refractivity contribution is 0.120. The molecule has 0 saturated carbocycles. The second kappa shape index (κ2) is 11.8. The van der Waals surface area contributed by atoms with E-state index in [-0.39, 0.29) is 6.03 Å². The van der Waals surface area contributed by atoms with Crippen molar-refractivity contribution in [3.05, 3.63) is 80.8 Å². The Morgan fingerprint density at radius 2 is 1.50 bits per heavy atom. The smallest absolute Gasteiger partial charge is 0.326 e. The number of anilines is 2. The van der Waals surface area contributed by atoms with Crippen molar-refractivity contribution < 1.29 is 4.79 Å². The van der Waals surface area contributed by atoms with Gasteiger partial charge in [-0.05, 0) is 55.6 Å². The fraction of sp³-hybridized carbons (Fsp3) is 0.345. The summed E-state index contributed by atoms with van der Waals surface area (Å²) in [6.07, 6.45) is 0. The number of hydrogen-bond acceptors (Lipinski definition) is 4. The second-order valence-electron chi connectivity index (χ2n) is 10.1. The molecule has 6 nitrogen and oxygen atoms in total. The van der Waals surface area contributed by atoms with Crippen LogP contribution in [0.5, 0.6) is 0 Å². The number of rotatable bonds is 7. The zero-order chi connectivity index (χ0) is 26.8. The van der Waals surface area contributed by atoms with Crippen LogP contribution in [0.3, 0.4) is 0 Å². The number of benzene rings is 3. The molecule has 0 radical (unpaired) electrons. The SMILES string of the molecule is CN(C)CCN1CCN(Cc2cc(-c3ccccc3Cl)c3c(c2)N(c2c(Cl)cccc2Cl)C(=O)NC3)CC1. The van der Waals surface area contributed by atoms with E-state index < -0.39 is 0 Å². The van der Waals surface area contributed by atoms with E-state index in [1.54, 1.807) is 23.1 Å². The fourth-order valence-corrected chi connectivity index (χ4v) is 5.96. The molecular weight excluding hydrogens is 541 g/mol. The van der Waals surface area contributed by atoms with Gasteiger partial charge in [0.15, 0.2) is 0 Å². The lowest BCUT2D eigenvalue weighted by Gasteiger charge is -2.36. The third kappa shape index (κ3) is 5.81. The number of nitrogens with zero attached hydrogens (tertiary/aromatic N) is 4. The lowest BCUT2D eigenvalue weighted by atomic mass is 9.93. The molecule has 5 rings (SSSR count). The zero-order valence-corrected chi connectivity index (χ0v) is 24.0. The van der Waals surface area contributed by atoms with Gasteiger partial charge < -0.3 is 10.2 Å². The van der Waals surface area contributed by atoms with Crippen molar-refractivity contribution in [2.24, 2.45) is 0 Å². The van der Waals surface area contributed by atoms with Gasteiger partial charge in [-0.2, -0.15) is 0 Å². The Morgan fingerprint density at radius 3 is 2.18 bits per heavy atom. The zero-order valence-electron chi connectivity index (χ0n) is 21.7. The lowest BCUT2D eigenvalue weighted by Crippen LogP contribution is -2.47. The van der Waals surface area contributed by atoms with Gasteiger partial charge in [0.2, 0.25) is 0 Å². The molecular formula is C29H32Cl3N5O. The number of halogens is 3. The van der Waals surface area contributed by atoms with Crippen molar-refractivity contribution in [2.45, 2.75) is 13.1 Å². The highest BCUT2D eigenvalue weighted by atomic mass is 35.5. The van der Waals surface area contributed by atoms with Crippen LogP contribution in [-0.2, 0) is 13.1 Å². The maximum Gasteiger partial charge on any atom is 0.326 e. The maximum atomic E-state index is 13.3. The van der Waals surface area contributed by atoms with Crippen molar-refractivity contribution >= 4 is 52.2 Å². The summed E-state index contributed by atoms with van der Waals surface area (Å²) < 4.78 is 0. The van der Waals surface area contributed by atoms with Crippen molar-refractivity contribution in [3.8, 4) is 11.1 Å². The topological polar surface area (TPSA) is 42.1 Å². The molecule has 38 heavy (non-hydrogen) atoms. The first-order valence-electron chi connectivity index (χ1n) is 12.8. The standard InChI is InChI=1S/C29H32Cl3N5O/c1-34(2)10-11-35-12-14-36(15-13-35)19-20-16-22(21-6-3-4-7-24(21)30)23-18-33-29(38)37(27(23)17-20)28-25(31)8-5-9-26(28)32/h3-9,16-17H,10-15,18-19H2,1-2H3,(H,33,38). The van der Waals surface area contributed by atoms with Crippen molar-refractivity contribution in [3.63, 3.8) is 0 Å². The monoisotopic (exact) mass is 571 g/mol. The van der Waals surface area contributed by atoms with Crippen LogP contribution in [0.4, 0.5) is 16.2 Å². The Kier molecular flexibility index (Phi) is 8.48. The summed E-state index contributed by atoms with van der Waals surface area (Å²) in [5, 5.41) is 4.50. The number of nitrogens with one attached hydrogen (secondary N) is 1. The molecule has 200 valence electrons. The molecule has 2 heterocycles. The molecule has 2 aliphatic rings. The number of para-hydroxylation sites is 1. The van der Waals surface area contributed by atoms with Gasteiger partial charge in [0.05, 0.1) is 21.4 Å². The first-order valence-corrected chi connectivity index (χ1v) is 14.0. The quantitative estimate of drug-likeness (QED) is 0.358. The molecule has 1 fully saturated rings. The number of amides is 2. The largest absolute Gasteiger partial charge is 0.333 e. The van der Waals surface area contributed by atoms with E-state index in [9.17, 15) is 4.79 Å². The fourth-order valence-electron chi connectivity index (χ4n) is 5.16. The Morgan fingerprint density at radius 1 is 0.842 bits per heavy atom. The summed E-state index contributed by atoms with van der Waals surface area (Å²) in [5.41, 5.74) is 5.28. The first kappa shape index (κ1) is 27.3. The third-order valence-electron chi connectivity index (χ3n) is 7.21. The number of carbonyl (C=O) groups excluding carboxylic acids is 1. The van der Waals surface area contributed by atoms with Crippen LogP contribution in [0.25, 0.3) is 11.1 Å². The molecule has 3 aromatic rings. The number of piperazine rings is 1. The molecule has 0 bridgehead atoms. The highest BCUT2D eigenvalue weighted by Crippen LogP contribution is 2.44. The van der Waals surface area contributed by atoms with Crippen molar-refractivity contribution in [1.29, 1.82) is 0 Å². The van der Waals surface area contributed by atoms with Gasteiger partial charge in [0.25, 0.3) is 0 Å². The normalized spacial score (nSPS) is 16.6. The molecule has 1 N–H and O–H groups in total. The molecule has 9 heteroatoms. The third-order valence-corrected chi connectivity index (χ3v) is 8.15. The van der Waals surface area contributed by atoms with Crippen molar-refractivity contribution in [1.82, 2.24) is 20.0 Å². The highest BCUT2D eigenvalue weighted by molar-refractivity contribution is 6.40. The predicted octanol–water partition coefficient (Wildman–Crippen LogP) is 6.35. The van der Waals surface area contributed by atoms with Crippen molar-refractivity contribution in [2.75, 3.05) is 58.3 Å². The van der Waals surface area contributed by atoms with Gasteiger partial charge in [0.1, 0.15) is 0 Å². The highest BCUT2D eigenvalue weighted by Gasteiger charge is 2.31. The minimum absolute atomic E-state index is 0.260. The van der Waals surface area contributed by atoms with E-state index in [2.05, 4.69) is 46.2 Å². The van der Waals surface area contributed by atoms with E-state index >= 15 is 0 Å². The summed E-state index contributed by atoms with van der Waals surface area (Å²) >= 11 is 19.9. The summed E-state index contributed by atoms with van der Waals surface area (Å²) in [4.78, 5) is 22.1. The Bertz CT molecular complexity index is 1300. The molecule has 2 aliphatic heterocycles. The predicted molar refractivity (Wildman–Crippen MR) is 158 cm³/mol. The summed E-state index contributed by atoms with van der Waals surface area (Å²) in [6.45, 7) is 7.38. The van der Waals surface area contributed by atoms with Crippen LogP contribution in [0.2, 0.25) is 15.1 Å². The Balaban J connectivity index is 1.53. The maximum absolute atomic E-state index is 13.3. The molecule has 0 atom stereocenters. The molecule has 1 saturated heterocycles. The number of likely N-dealkylation sites (N-methyl/N-ethyl adjacent to an activating group) is 1. The minimum atomic E-state index is -0.260. The summed E-state index contributed by atoms with van der Waals surface area (Å²) in [7, 11) is 4.23. The van der Waals surface area contributed by atoms with Crippen LogP contribution in [0.1, 0.15) is 11.1 Å². The van der Waals surface area contributed by atoms with Gasteiger partial charge in [-0.25, -0.2) is 4.79 Å². The van der Waals surface area contributed by atoms with Gasteiger partial charge in [-0.1, -0.05) is 59.1 Å². The van der Waals surface area contributed by atoms with E-state index in [4.69, 9.17) is 34.8 Å². The number of carbonyl (C=O) groups is 1. The van der Waals surface area contributed by atoms with Crippen LogP contribution in [-0.4, -0.2) is 74.1 Å². The van der Waals surface area contributed by atoms with E-state index in [1.807, 2.05) is 24.3 Å². The molecule has 0 aromatic heterocycles. The average Bonchev–Trinajstić information content (AvgIpc) is 2.89. The Hall–Kier alpha value is -2.32. The van der Waals surface area contributed by atoms with Gasteiger partial charge in [0, 0.05) is 68.5 Å². The van der Waals surface area contributed by atoms with Gasteiger partial charge in [-0.15, -0.1) is 0 Å². The molecule has 0 spiro atoms. The van der Waals surface area contributed by atoms with E-state index in [0.717, 1.165) is 73.8 Å². The molecule has 0 unspecified atom stereocenters. The first-order chi connectivity index (χ1) is 18.3. The van der Waals surface area contributed by atoms with Crippen LogP contribution in [0.15, 0.2) is 54.6 Å². The average molecular weight is 573 g/mol. The number of hydrogen-bond donors (Lipinski definition) is 1. The summed E-state index contributed by atoms with van der Waals surface area (Å²) in [6, 6.07) is 17.2. The summed E-state index contributed by atoms with van der Waals surface area (Å²) in [5.74, 6) is 0. The van der Waals surface area contributed by atoms with Crippen LogP contribution < -0.4 is 10.2 Å². The Labute approximate surface area is 239 Å². The van der Waals surface area contributed by atoms with Gasteiger partial charge in [-0.3, -0.25) is 14.7 Å². The number of fused-ring (bicyclic) bond motifs is 1. The number of urea groups is 1. The minimum Gasteiger partial charge on any atom is -0.333 e. The molecule has 0 aliphatic carbocycles. The molecule has 2 amide bonds. The van der Waals surface area contributed by atoms with Gasteiger partial charge >= 0.3 is 6.03 Å².